The number of hydrogen-bond donors (Lipinski definition) is 0. The van der Waals surface area contributed by atoms with Crippen LogP contribution in [0.15, 0.2) is 24.8 Å². The van der Waals surface area contributed by atoms with Crippen LogP contribution in [0.2, 0.25) is 0 Å². The van der Waals surface area contributed by atoms with E-state index in [4.69, 9.17) is 0 Å². The molecule has 6 heavy (non-hydrogen) atoms. The van der Waals surface area contributed by atoms with E-state index < -0.39 is 0 Å². The van der Waals surface area contributed by atoms with Gasteiger partial charge in [-0.1, -0.05) is 0 Å². The van der Waals surface area contributed by atoms with Gasteiger partial charge in [0.05, 0.1) is 0 Å². The molecule has 0 saturated heterocycles. The van der Waals surface area contributed by atoms with Crippen molar-refractivity contribution in [2.45, 2.75) is 0 Å². The Morgan fingerprint density at radius 3 is 2.17 bits per heavy atom. The molecule has 0 heterocycles. The molecule has 0 bridgehead atoms. The fourth-order valence-corrected chi connectivity index (χ4v) is 0.308. The Morgan fingerprint density at radius 2 is 2.00 bits per heavy atom. The van der Waals surface area contributed by atoms with Crippen molar-refractivity contribution in [1.82, 2.24) is 0 Å². The summed E-state index contributed by atoms with van der Waals surface area (Å²) in [6.07, 6.45) is 5.58. The predicted molar refractivity (Wildman–Crippen MR) is 25.4 cm³/mol. The molecule has 0 amide bonds. The second-order valence-corrected chi connectivity index (χ2v) is 1.31. The normalized spacial score (nSPS) is 9.00. The zero-order chi connectivity index (χ0) is 4.83. The molecule has 0 atom stereocenters. The first-order chi connectivity index (χ1) is 2.91. The molecule has 0 N–H and O–H groups in total. The van der Waals surface area contributed by atoms with Crippen LogP contribution in [-0.2, 0) is 20.0 Å². The average Bonchev–Trinajstić information content (AvgIpc) is 1.61. The summed E-state index contributed by atoms with van der Waals surface area (Å²) in [6, 6.07) is 0. The summed E-state index contributed by atoms with van der Waals surface area (Å²) in [6.45, 7) is 3.49. The van der Waals surface area contributed by atoms with Crippen LogP contribution >= 0.6 is 0 Å². The topological polar surface area (TPSA) is 0 Å². The van der Waals surface area contributed by atoms with Crippen LogP contribution < -0.4 is 0 Å². The number of allylic oxidation sites excluding steroid dienone is 3. The van der Waals surface area contributed by atoms with Gasteiger partial charge in [-0.3, -0.25) is 0 Å². The van der Waals surface area contributed by atoms with Crippen molar-refractivity contribution in [1.29, 1.82) is 0 Å². The van der Waals surface area contributed by atoms with Crippen molar-refractivity contribution in [2.75, 3.05) is 0 Å². The van der Waals surface area contributed by atoms with Crippen molar-refractivity contribution < 1.29 is 20.0 Å². The third-order valence-corrected chi connectivity index (χ3v) is 0.644. The van der Waals surface area contributed by atoms with Crippen molar-refractivity contribution in [3.63, 3.8) is 0 Å². The van der Waals surface area contributed by atoms with E-state index in [1.54, 1.807) is 6.08 Å². The van der Waals surface area contributed by atoms with Crippen molar-refractivity contribution in [2.24, 2.45) is 0 Å². The first kappa shape index (κ1) is 6.06. The summed E-state index contributed by atoms with van der Waals surface area (Å²) in [5.41, 5.74) is 0. The van der Waals surface area contributed by atoms with Gasteiger partial charge in [0.1, 0.15) is 0 Å². The molecule has 0 aromatic heterocycles. The van der Waals surface area contributed by atoms with Gasteiger partial charge in [-0.15, -0.1) is 0 Å². The van der Waals surface area contributed by atoms with Crippen molar-refractivity contribution >= 4 is 4.31 Å². The Balaban J connectivity index is 3.17. The van der Waals surface area contributed by atoms with E-state index >= 15 is 0 Å². The van der Waals surface area contributed by atoms with Crippen LogP contribution in [0, 0.1) is 0 Å². The van der Waals surface area contributed by atoms with E-state index in [2.05, 4.69) is 6.58 Å². The Kier molecular flexibility index (Phi) is 5.12. The second-order valence-electron chi connectivity index (χ2n) is 0.787. The monoisotopic (exact) mass is 114 g/mol. The standard InChI is InChI=1S/C5H6.Ti/c1-3-5-4-2;/h1,3-5H,2H2;/q;+1/b5-3-;. The molecule has 0 saturated carbocycles. The van der Waals surface area contributed by atoms with Gasteiger partial charge in [0.2, 0.25) is 0 Å². The molecule has 0 aliphatic carbocycles. The van der Waals surface area contributed by atoms with Crippen LogP contribution in [0.3, 0.4) is 0 Å². The molecule has 0 fully saturated rings. The maximum absolute atomic E-state index is 3.49. The molecule has 0 aromatic carbocycles. The molecular weight excluding hydrogens is 108 g/mol. The van der Waals surface area contributed by atoms with E-state index in [0.29, 0.717) is 0 Å². The molecule has 0 rings (SSSR count). The van der Waals surface area contributed by atoms with E-state index in [1.165, 1.54) is 0 Å². The molecule has 0 aliphatic heterocycles. The first-order valence-corrected chi connectivity index (χ1v) is 2.60. The van der Waals surface area contributed by atoms with Gasteiger partial charge >= 0.3 is 49.1 Å². The minimum atomic E-state index is 1.75. The van der Waals surface area contributed by atoms with Gasteiger partial charge in [-0.05, 0) is 0 Å². The summed E-state index contributed by atoms with van der Waals surface area (Å²) in [7, 11) is 0. The Bertz CT molecular complexity index is 62.0. The van der Waals surface area contributed by atoms with Crippen molar-refractivity contribution in [3.05, 3.63) is 24.8 Å². The van der Waals surface area contributed by atoms with E-state index in [1.807, 2.05) is 36.4 Å². The van der Waals surface area contributed by atoms with Crippen LogP contribution in [0.4, 0.5) is 0 Å². The quantitative estimate of drug-likeness (QED) is 0.372. The van der Waals surface area contributed by atoms with Gasteiger partial charge < -0.3 is 0 Å². The van der Waals surface area contributed by atoms with E-state index in [9.17, 15) is 0 Å². The molecule has 29 valence electrons. The summed E-state index contributed by atoms with van der Waals surface area (Å²) < 4.78 is 1.96. The summed E-state index contributed by atoms with van der Waals surface area (Å²) >= 11 is 1.97. The SMILES string of the molecule is C=C/C=C\[CH]=[Ti+]. The van der Waals surface area contributed by atoms with Crippen LogP contribution in [0.25, 0.3) is 0 Å². The van der Waals surface area contributed by atoms with E-state index in [0.717, 1.165) is 0 Å². The zero-order valence-electron chi connectivity index (χ0n) is 3.52. The third kappa shape index (κ3) is 4.06. The summed E-state index contributed by atoms with van der Waals surface area (Å²) in [5.74, 6) is 0. The Morgan fingerprint density at radius 1 is 1.33 bits per heavy atom. The Hall–Kier alpha value is 0.0643. The molecule has 0 nitrogen and oxygen atoms in total. The second kappa shape index (κ2) is 5.06. The van der Waals surface area contributed by atoms with Crippen molar-refractivity contribution in [3.8, 4) is 0 Å². The molecule has 0 spiro atoms. The first-order valence-electron chi connectivity index (χ1n) is 1.70. The zero-order valence-corrected chi connectivity index (χ0v) is 5.08. The van der Waals surface area contributed by atoms with Gasteiger partial charge in [-0.2, -0.15) is 0 Å². The minimum absolute atomic E-state index is 1.75. The number of rotatable bonds is 2. The predicted octanol–water partition coefficient (Wildman–Crippen LogP) is 1.08. The maximum atomic E-state index is 3.49. The molecule has 0 aromatic rings. The molecular formula is C5H6Ti+. The fraction of sp³-hybridized carbons (Fsp3) is 0. The average molecular weight is 114 g/mol. The fourth-order valence-electron chi connectivity index (χ4n) is 0.134. The molecule has 0 radical (unpaired) electrons. The molecule has 1 heteroatoms. The van der Waals surface area contributed by atoms with E-state index in [-0.39, 0.29) is 0 Å². The number of hydrogen-bond acceptors (Lipinski definition) is 0. The third-order valence-electron chi connectivity index (χ3n) is 0.343. The van der Waals surface area contributed by atoms with Gasteiger partial charge in [0.25, 0.3) is 0 Å². The summed E-state index contributed by atoms with van der Waals surface area (Å²) in [4.78, 5) is 0. The Labute approximate surface area is 49.5 Å². The van der Waals surface area contributed by atoms with Gasteiger partial charge in [0, 0.05) is 0 Å². The van der Waals surface area contributed by atoms with Gasteiger partial charge in [-0.25, -0.2) is 0 Å². The van der Waals surface area contributed by atoms with Crippen LogP contribution in [0.5, 0.6) is 0 Å². The summed E-state index contributed by atoms with van der Waals surface area (Å²) in [5, 5.41) is 0. The van der Waals surface area contributed by atoms with Gasteiger partial charge in [0.15, 0.2) is 0 Å². The van der Waals surface area contributed by atoms with Crippen LogP contribution in [0.1, 0.15) is 0 Å². The molecule has 0 unspecified atom stereocenters. The molecule has 0 aliphatic rings. The van der Waals surface area contributed by atoms with Crippen LogP contribution in [-0.4, -0.2) is 4.31 Å².